The molecule has 14 heavy (non-hydrogen) atoms. The van der Waals surface area contributed by atoms with Crippen LogP contribution in [0.1, 0.15) is 36.5 Å². The Labute approximate surface area is 90.9 Å². The van der Waals surface area contributed by atoms with Gasteiger partial charge in [0.05, 0.1) is 10.8 Å². The second-order valence-corrected chi connectivity index (χ2v) is 4.06. The Hall–Kier alpha value is -0.980. The first-order valence-electron chi connectivity index (χ1n) is 4.75. The summed E-state index contributed by atoms with van der Waals surface area (Å²) in [7, 11) is 0. The van der Waals surface area contributed by atoms with E-state index in [1.54, 1.807) is 0 Å². The van der Waals surface area contributed by atoms with Crippen LogP contribution in [0.2, 0.25) is 0 Å². The Bertz CT molecular complexity index is 388. The van der Waals surface area contributed by atoms with E-state index in [2.05, 4.69) is 62.2 Å². The minimum Gasteiger partial charge on any atom is -0.194 e. The third kappa shape index (κ3) is 2.28. The Kier molecular flexibility index (Phi) is 3.56. The van der Waals surface area contributed by atoms with Crippen LogP contribution in [-0.4, -0.2) is 5.16 Å². The zero-order chi connectivity index (χ0) is 10.7. The first-order valence-corrected chi connectivity index (χ1v) is 5.16. The Morgan fingerprint density at radius 2 is 1.93 bits per heavy atom. The fraction of sp³-hybridized carbons (Fsp3) is 0.417. The van der Waals surface area contributed by atoms with Gasteiger partial charge in [-0.3, -0.25) is 0 Å². The highest BCUT2D eigenvalue weighted by molar-refractivity contribution is 7.78. The van der Waals surface area contributed by atoms with E-state index in [0.29, 0.717) is 5.92 Å². The third-order valence-corrected chi connectivity index (χ3v) is 2.35. The Balaban J connectivity index is 3.43. The van der Waals surface area contributed by atoms with Crippen LogP contribution in [0.5, 0.6) is 0 Å². The van der Waals surface area contributed by atoms with Crippen LogP contribution in [0.3, 0.4) is 0 Å². The van der Waals surface area contributed by atoms with Crippen molar-refractivity contribution in [1.29, 1.82) is 0 Å². The summed E-state index contributed by atoms with van der Waals surface area (Å²) in [5.41, 5.74) is 4.68. The molecule has 0 saturated heterocycles. The molecule has 0 aliphatic rings. The van der Waals surface area contributed by atoms with Gasteiger partial charge in [-0.15, -0.1) is 0 Å². The number of benzene rings is 1. The van der Waals surface area contributed by atoms with Gasteiger partial charge in [0.15, 0.2) is 0 Å². The second-order valence-electron chi connectivity index (χ2n) is 3.88. The number of hydrogen-bond acceptors (Lipinski definition) is 2. The maximum absolute atomic E-state index is 4.66. The van der Waals surface area contributed by atoms with E-state index >= 15 is 0 Å². The average Bonchev–Trinajstić information content (AvgIpc) is 2.09. The lowest BCUT2D eigenvalue weighted by atomic mass is 9.96. The molecular weight excluding hydrogens is 190 g/mol. The molecule has 0 radical (unpaired) electrons. The summed E-state index contributed by atoms with van der Waals surface area (Å²) in [6.45, 7) is 8.49. The fourth-order valence-corrected chi connectivity index (χ4v) is 1.72. The minimum absolute atomic E-state index is 0.468. The number of rotatable bonds is 2. The van der Waals surface area contributed by atoms with E-state index in [9.17, 15) is 0 Å². The summed E-state index contributed by atoms with van der Waals surface area (Å²) in [5.74, 6) is 0.468. The van der Waals surface area contributed by atoms with Crippen molar-refractivity contribution in [2.45, 2.75) is 33.6 Å². The van der Waals surface area contributed by atoms with Crippen molar-refractivity contribution < 1.29 is 0 Å². The van der Waals surface area contributed by atoms with Crippen molar-refractivity contribution in [2.24, 2.45) is 4.99 Å². The standard InChI is InChI=1S/C12H15NS/c1-8(2)11-6-9(3)5-10(4)12(11)13-7-14/h5-6,8H,1-4H3. The normalized spacial score (nSPS) is 10.1. The van der Waals surface area contributed by atoms with Gasteiger partial charge in [-0.25, -0.2) is 0 Å². The summed E-state index contributed by atoms with van der Waals surface area (Å²) in [6.07, 6.45) is 0. The molecule has 1 nitrogen and oxygen atoms in total. The van der Waals surface area contributed by atoms with Crippen LogP contribution < -0.4 is 0 Å². The van der Waals surface area contributed by atoms with Gasteiger partial charge in [-0.05, 0) is 43.1 Å². The summed E-state index contributed by atoms with van der Waals surface area (Å²) >= 11 is 4.66. The Morgan fingerprint density at radius 1 is 1.29 bits per heavy atom. The van der Waals surface area contributed by atoms with E-state index < -0.39 is 0 Å². The van der Waals surface area contributed by atoms with E-state index in [1.165, 1.54) is 16.7 Å². The van der Waals surface area contributed by atoms with Crippen LogP contribution in [0.25, 0.3) is 0 Å². The monoisotopic (exact) mass is 205 g/mol. The van der Waals surface area contributed by atoms with Crippen molar-refractivity contribution in [3.8, 4) is 0 Å². The molecule has 0 bridgehead atoms. The predicted octanol–water partition coefficient (Wildman–Crippen LogP) is 4.16. The van der Waals surface area contributed by atoms with Crippen molar-refractivity contribution in [3.05, 3.63) is 28.8 Å². The molecule has 0 unspecified atom stereocenters. The summed E-state index contributed by atoms with van der Waals surface area (Å²) < 4.78 is 0. The molecule has 0 heterocycles. The average molecular weight is 205 g/mol. The third-order valence-electron chi connectivity index (χ3n) is 2.25. The van der Waals surface area contributed by atoms with E-state index in [0.717, 1.165) is 5.69 Å². The molecule has 0 aliphatic carbocycles. The van der Waals surface area contributed by atoms with Crippen LogP contribution in [0.15, 0.2) is 17.1 Å². The maximum atomic E-state index is 4.66. The molecule has 74 valence electrons. The van der Waals surface area contributed by atoms with Gasteiger partial charge in [0.2, 0.25) is 0 Å². The Morgan fingerprint density at radius 3 is 2.43 bits per heavy atom. The highest BCUT2D eigenvalue weighted by Gasteiger charge is 2.08. The lowest BCUT2D eigenvalue weighted by Crippen LogP contribution is -1.92. The van der Waals surface area contributed by atoms with Crippen molar-refractivity contribution in [1.82, 2.24) is 0 Å². The van der Waals surface area contributed by atoms with Gasteiger partial charge in [0, 0.05) is 0 Å². The SMILES string of the molecule is Cc1cc(C)c(N=C=S)c(C(C)C)c1. The molecule has 2 heteroatoms. The fourth-order valence-electron chi connectivity index (χ4n) is 1.63. The molecule has 1 rings (SSSR count). The van der Waals surface area contributed by atoms with Crippen LogP contribution >= 0.6 is 12.2 Å². The first-order chi connectivity index (χ1) is 6.56. The smallest absolute Gasteiger partial charge is 0.0803 e. The van der Waals surface area contributed by atoms with E-state index in [4.69, 9.17) is 0 Å². The molecule has 0 atom stereocenters. The lowest BCUT2D eigenvalue weighted by molar-refractivity contribution is 0.863. The molecule has 0 fully saturated rings. The van der Waals surface area contributed by atoms with E-state index in [1.807, 2.05) is 0 Å². The quantitative estimate of drug-likeness (QED) is 0.521. The number of aliphatic imine (C=N–C) groups is 1. The molecular formula is C12H15NS. The highest BCUT2D eigenvalue weighted by Crippen LogP contribution is 2.30. The zero-order valence-corrected chi connectivity index (χ0v) is 9.90. The number of nitrogens with zero attached hydrogens (tertiary/aromatic N) is 1. The van der Waals surface area contributed by atoms with Crippen molar-refractivity contribution >= 4 is 23.1 Å². The van der Waals surface area contributed by atoms with E-state index in [-0.39, 0.29) is 0 Å². The lowest BCUT2D eigenvalue weighted by Gasteiger charge is -2.12. The van der Waals surface area contributed by atoms with Gasteiger partial charge in [-0.2, -0.15) is 4.99 Å². The molecule has 0 spiro atoms. The molecule has 0 saturated carbocycles. The molecule has 1 aromatic carbocycles. The predicted molar refractivity (Wildman–Crippen MR) is 64.7 cm³/mol. The topological polar surface area (TPSA) is 12.4 Å². The number of hydrogen-bond donors (Lipinski definition) is 0. The summed E-state index contributed by atoms with van der Waals surface area (Å²) in [4.78, 5) is 4.13. The molecule has 0 aromatic heterocycles. The van der Waals surface area contributed by atoms with Gasteiger partial charge in [-0.1, -0.05) is 31.5 Å². The van der Waals surface area contributed by atoms with Gasteiger partial charge in [0.25, 0.3) is 0 Å². The summed E-state index contributed by atoms with van der Waals surface area (Å²) in [5, 5.41) is 2.45. The zero-order valence-electron chi connectivity index (χ0n) is 9.09. The molecule has 0 amide bonds. The maximum Gasteiger partial charge on any atom is 0.0803 e. The summed E-state index contributed by atoms with van der Waals surface area (Å²) in [6, 6.07) is 4.29. The number of aryl methyl sites for hydroxylation is 2. The molecule has 0 aliphatic heterocycles. The number of isothiocyanates is 1. The highest BCUT2D eigenvalue weighted by atomic mass is 32.1. The van der Waals surface area contributed by atoms with Crippen LogP contribution in [-0.2, 0) is 0 Å². The van der Waals surface area contributed by atoms with Gasteiger partial charge < -0.3 is 0 Å². The largest absolute Gasteiger partial charge is 0.194 e. The minimum atomic E-state index is 0.468. The van der Waals surface area contributed by atoms with Crippen molar-refractivity contribution in [3.63, 3.8) is 0 Å². The second kappa shape index (κ2) is 4.50. The van der Waals surface area contributed by atoms with Gasteiger partial charge >= 0.3 is 0 Å². The first kappa shape index (κ1) is 11.1. The number of thiocarbonyl (C=S) groups is 1. The molecule has 0 N–H and O–H groups in total. The van der Waals surface area contributed by atoms with Crippen molar-refractivity contribution in [2.75, 3.05) is 0 Å². The van der Waals surface area contributed by atoms with Crippen LogP contribution in [0.4, 0.5) is 5.69 Å². The van der Waals surface area contributed by atoms with Crippen LogP contribution in [0, 0.1) is 13.8 Å². The van der Waals surface area contributed by atoms with Gasteiger partial charge in [0.1, 0.15) is 0 Å². The molecule has 1 aromatic rings.